The second kappa shape index (κ2) is 5.43. The summed E-state index contributed by atoms with van der Waals surface area (Å²) >= 11 is 0. The molecule has 0 aromatic heterocycles. The molecule has 0 saturated heterocycles. The summed E-state index contributed by atoms with van der Waals surface area (Å²) < 4.78 is 0. The third-order valence-electron chi connectivity index (χ3n) is 3.32. The lowest BCUT2D eigenvalue weighted by Crippen LogP contribution is -2.09. The molecular formula is C12H23N. The Morgan fingerprint density at radius 1 is 1.23 bits per heavy atom. The summed E-state index contributed by atoms with van der Waals surface area (Å²) in [7, 11) is 0. The zero-order chi connectivity index (χ0) is 9.68. The van der Waals surface area contributed by atoms with Gasteiger partial charge in [-0.3, -0.25) is 0 Å². The summed E-state index contributed by atoms with van der Waals surface area (Å²) in [5.74, 6) is 0.954. The van der Waals surface area contributed by atoms with Crippen LogP contribution in [0.1, 0.15) is 52.4 Å². The average Bonchev–Trinajstić information content (AvgIpc) is 2.12. The molecule has 1 atom stereocenters. The molecule has 0 radical (unpaired) electrons. The van der Waals surface area contributed by atoms with Gasteiger partial charge in [0.1, 0.15) is 0 Å². The van der Waals surface area contributed by atoms with Crippen LogP contribution in [-0.4, -0.2) is 6.54 Å². The van der Waals surface area contributed by atoms with E-state index in [1.54, 1.807) is 11.1 Å². The van der Waals surface area contributed by atoms with Gasteiger partial charge in [-0.15, -0.1) is 0 Å². The van der Waals surface area contributed by atoms with E-state index in [0.29, 0.717) is 0 Å². The fourth-order valence-electron chi connectivity index (χ4n) is 2.17. The van der Waals surface area contributed by atoms with E-state index in [4.69, 9.17) is 5.73 Å². The predicted molar refractivity (Wildman–Crippen MR) is 58.6 cm³/mol. The molecule has 0 amide bonds. The molecule has 0 aliphatic heterocycles. The van der Waals surface area contributed by atoms with E-state index >= 15 is 0 Å². The van der Waals surface area contributed by atoms with Crippen molar-refractivity contribution in [2.45, 2.75) is 52.4 Å². The third-order valence-corrected chi connectivity index (χ3v) is 3.32. The van der Waals surface area contributed by atoms with E-state index in [-0.39, 0.29) is 0 Å². The van der Waals surface area contributed by atoms with E-state index in [9.17, 15) is 0 Å². The molecule has 0 aromatic carbocycles. The molecule has 0 spiro atoms. The smallest absolute Gasteiger partial charge is 0.00773 e. The number of rotatable bonds is 4. The van der Waals surface area contributed by atoms with E-state index in [0.717, 1.165) is 12.5 Å². The molecule has 2 N–H and O–H groups in total. The summed E-state index contributed by atoms with van der Waals surface area (Å²) in [6.07, 6.45) is 8.01. The molecule has 0 fully saturated rings. The van der Waals surface area contributed by atoms with Gasteiger partial charge in [-0.05, 0) is 52.0 Å². The van der Waals surface area contributed by atoms with E-state index in [1.165, 1.54) is 38.5 Å². The van der Waals surface area contributed by atoms with Gasteiger partial charge in [0.05, 0.1) is 0 Å². The highest BCUT2D eigenvalue weighted by Gasteiger charge is 2.15. The number of allylic oxidation sites excluding steroid dienone is 2. The maximum absolute atomic E-state index is 5.48. The Morgan fingerprint density at radius 3 is 2.62 bits per heavy atom. The second-order valence-electron chi connectivity index (χ2n) is 4.45. The van der Waals surface area contributed by atoms with Gasteiger partial charge in [0, 0.05) is 0 Å². The number of hydrogen-bond donors (Lipinski definition) is 1. The van der Waals surface area contributed by atoms with Crippen LogP contribution < -0.4 is 5.73 Å². The fourth-order valence-corrected chi connectivity index (χ4v) is 2.17. The molecule has 1 aliphatic rings. The Labute approximate surface area is 82.4 Å². The monoisotopic (exact) mass is 181 g/mol. The third kappa shape index (κ3) is 3.51. The maximum atomic E-state index is 5.48. The Hall–Kier alpha value is -0.300. The Balaban J connectivity index is 2.24. The number of hydrogen-bond acceptors (Lipinski definition) is 1. The van der Waals surface area contributed by atoms with Crippen molar-refractivity contribution >= 4 is 0 Å². The first-order valence-corrected chi connectivity index (χ1v) is 5.59. The van der Waals surface area contributed by atoms with Gasteiger partial charge in [-0.2, -0.15) is 0 Å². The Kier molecular flexibility index (Phi) is 4.51. The van der Waals surface area contributed by atoms with E-state index in [2.05, 4.69) is 13.8 Å². The summed E-state index contributed by atoms with van der Waals surface area (Å²) in [6, 6.07) is 0. The highest BCUT2D eigenvalue weighted by molar-refractivity contribution is 5.13. The molecular weight excluding hydrogens is 158 g/mol. The molecule has 0 aromatic rings. The average molecular weight is 181 g/mol. The van der Waals surface area contributed by atoms with Crippen molar-refractivity contribution in [2.75, 3.05) is 6.54 Å². The van der Waals surface area contributed by atoms with Crippen LogP contribution in [-0.2, 0) is 0 Å². The normalized spacial score (nSPS) is 23.8. The van der Waals surface area contributed by atoms with Crippen LogP contribution in [0.4, 0.5) is 0 Å². The van der Waals surface area contributed by atoms with Crippen molar-refractivity contribution < 1.29 is 0 Å². The topological polar surface area (TPSA) is 26.0 Å². The Bertz CT molecular complexity index is 182. The van der Waals surface area contributed by atoms with Gasteiger partial charge in [-0.1, -0.05) is 24.0 Å². The maximum Gasteiger partial charge on any atom is -0.00773 e. The van der Waals surface area contributed by atoms with Crippen LogP contribution in [0, 0.1) is 5.92 Å². The SMILES string of the molecule is CC1=C(C)CC(CCCCN)CC1. The minimum atomic E-state index is 0.862. The summed E-state index contributed by atoms with van der Waals surface area (Å²) in [4.78, 5) is 0. The van der Waals surface area contributed by atoms with Gasteiger partial charge < -0.3 is 5.73 Å². The first-order chi connectivity index (χ1) is 6.24. The lowest BCUT2D eigenvalue weighted by Gasteiger charge is -2.24. The molecule has 76 valence electrons. The van der Waals surface area contributed by atoms with Crippen LogP contribution in [0.3, 0.4) is 0 Å². The highest BCUT2D eigenvalue weighted by Crippen LogP contribution is 2.31. The van der Waals surface area contributed by atoms with E-state index in [1.807, 2.05) is 0 Å². The summed E-state index contributed by atoms with van der Waals surface area (Å²) in [6.45, 7) is 5.44. The van der Waals surface area contributed by atoms with Crippen LogP contribution in [0.15, 0.2) is 11.1 Å². The molecule has 1 rings (SSSR count). The second-order valence-corrected chi connectivity index (χ2v) is 4.45. The molecule has 1 heteroatoms. The minimum Gasteiger partial charge on any atom is -0.330 e. The van der Waals surface area contributed by atoms with Crippen molar-refractivity contribution in [3.8, 4) is 0 Å². The fraction of sp³-hybridized carbons (Fsp3) is 0.833. The number of nitrogens with two attached hydrogens (primary N) is 1. The van der Waals surface area contributed by atoms with Crippen LogP contribution in [0.2, 0.25) is 0 Å². The van der Waals surface area contributed by atoms with Crippen molar-refractivity contribution in [3.05, 3.63) is 11.1 Å². The van der Waals surface area contributed by atoms with Crippen LogP contribution in [0.25, 0.3) is 0 Å². The zero-order valence-corrected chi connectivity index (χ0v) is 9.10. The van der Waals surface area contributed by atoms with Crippen molar-refractivity contribution in [1.82, 2.24) is 0 Å². The lowest BCUT2D eigenvalue weighted by atomic mass is 9.82. The first kappa shape index (κ1) is 10.8. The Morgan fingerprint density at radius 2 is 2.00 bits per heavy atom. The highest BCUT2D eigenvalue weighted by atomic mass is 14.5. The van der Waals surface area contributed by atoms with Gasteiger partial charge in [0.25, 0.3) is 0 Å². The largest absolute Gasteiger partial charge is 0.330 e. The van der Waals surface area contributed by atoms with Gasteiger partial charge in [-0.25, -0.2) is 0 Å². The molecule has 0 saturated carbocycles. The first-order valence-electron chi connectivity index (χ1n) is 5.59. The standard InChI is InChI=1S/C12H23N/c1-10-6-7-12(9-11(10)2)5-3-4-8-13/h12H,3-9,13H2,1-2H3. The van der Waals surface area contributed by atoms with Crippen LogP contribution in [0.5, 0.6) is 0 Å². The van der Waals surface area contributed by atoms with Crippen molar-refractivity contribution in [1.29, 1.82) is 0 Å². The molecule has 13 heavy (non-hydrogen) atoms. The molecule has 1 nitrogen and oxygen atoms in total. The van der Waals surface area contributed by atoms with E-state index < -0.39 is 0 Å². The van der Waals surface area contributed by atoms with Gasteiger partial charge in [0.2, 0.25) is 0 Å². The predicted octanol–water partition coefficient (Wildman–Crippen LogP) is 3.25. The van der Waals surface area contributed by atoms with Gasteiger partial charge >= 0.3 is 0 Å². The molecule has 0 bridgehead atoms. The van der Waals surface area contributed by atoms with Gasteiger partial charge in [0.15, 0.2) is 0 Å². The van der Waals surface area contributed by atoms with Crippen LogP contribution >= 0.6 is 0 Å². The quantitative estimate of drug-likeness (QED) is 0.523. The molecule has 1 aliphatic carbocycles. The van der Waals surface area contributed by atoms with Crippen molar-refractivity contribution in [2.24, 2.45) is 11.7 Å². The lowest BCUT2D eigenvalue weighted by molar-refractivity contribution is 0.408. The minimum absolute atomic E-state index is 0.862. The molecule has 0 heterocycles. The summed E-state index contributed by atoms with van der Waals surface area (Å²) in [5, 5.41) is 0. The summed E-state index contributed by atoms with van der Waals surface area (Å²) in [5.41, 5.74) is 8.76. The molecule has 1 unspecified atom stereocenters. The zero-order valence-electron chi connectivity index (χ0n) is 9.10. The number of unbranched alkanes of at least 4 members (excludes halogenated alkanes) is 1. The van der Waals surface area contributed by atoms with Crippen molar-refractivity contribution in [3.63, 3.8) is 0 Å².